The van der Waals surface area contributed by atoms with Gasteiger partial charge in [-0.05, 0) is 75.5 Å². The Bertz CT molecular complexity index is 2870. The summed E-state index contributed by atoms with van der Waals surface area (Å²) in [5, 5.41) is 11.7. The number of amides is 1. The molecule has 1 saturated heterocycles. The number of anilines is 2. The topological polar surface area (TPSA) is 143 Å². The number of pyridine rings is 1. The van der Waals surface area contributed by atoms with Crippen LogP contribution in [0.15, 0.2) is 42.5 Å². The third kappa shape index (κ3) is 7.62. The summed E-state index contributed by atoms with van der Waals surface area (Å²) in [6.07, 6.45) is -2.77. The first-order chi connectivity index (χ1) is 29.2. The summed E-state index contributed by atoms with van der Waals surface area (Å²) >= 11 is 1.37. The van der Waals surface area contributed by atoms with Crippen LogP contribution in [-0.2, 0) is 46.9 Å². The first-order valence-electron chi connectivity index (χ1n) is 19.6. The zero-order chi connectivity index (χ0) is 44.2. The highest BCUT2D eigenvalue weighted by Crippen LogP contribution is 2.68. The van der Waals surface area contributed by atoms with Crippen molar-refractivity contribution in [2.45, 2.75) is 62.3 Å². The highest BCUT2D eigenvalue weighted by molar-refractivity contribution is 7.92. The van der Waals surface area contributed by atoms with Crippen LogP contribution in [0.3, 0.4) is 0 Å². The molecule has 13 nitrogen and oxygen atoms in total. The largest absolute Gasteiger partial charge is 0.435 e. The summed E-state index contributed by atoms with van der Waals surface area (Å²) in [6, 6.07) is 8.65. The van der Waals surface area contributed by atoms with Gasteiger partial charge in [0, 0.05) is 60.2 Å². The van der Waals surface area contributed by atoms with Crippen molar-refractivity contribution in [2.75, 3.05) is 43.1 Å². The van der Waals surface area contributed by atoms with Gasteiger partial charge in [0.25, 0.3) is 5.92 Å². The summed E-state index contributed by atoms with van der Waals surface area (Å²) < 4.78 is 132. The van der Waals surface area contributed by atoms with Crippen molar-refractivity contribution in [3.63, 3.8) is 0 Å². The van der Waals surface area contributed by atoms with Crippen molar-refractivity contribution in [2.24, 2.45) is 13.0 Å². The molecule has 22 heteroatoms. The van der Waals surface area contributed by atoms with Crippen LogP contribution in [0.2, 0.25) is 0 Å². The fourth-order valence-electron chi connectivity index (χ4n) is 9.01. The lowest BCUT2D eigenvalue weighted by molar-refractivity contribution is -0.142. The van der Waals surface area contributed by atoms with E-state index in [1.807, 2.05) is 14.1 Å². The van der Waals surface area contributed by atoms with Gasteiger partial charge in [0.15, 0.2) is 22.3 Å². The van der Waals surface area contributed by atoms with E-state index in [1.165, 1.54) is 16.0 Å². The van der Waals surface area contributed by atoms with Crippen LogP contribution < -0.4 is 14.9 Å². The van der Waals surface area contributed by atoms with Crippen LogP contribution in [0.25, 0.3) is 32.4 Å². The third-order valence-corrected chi connectivity index (χ3v) is 13.4. The molecule has 1 aliphatic heterocycles. The minimum atomic E-state index is -5.06. The number of hydrogen-bond acceptors (Lipinski definition) is 10. The van der Waals surface area contributed by atoms with Crippen LogP contribution in [0, 0.1) is 17.6 Å². The zero-order valence-corrected chi connectivity index (χ0v) is 35.2. The molecule has 4 aromatic heterocycles. The van der Waals surface area contributed by atoms with E-state index in [-0.39, 0.29) is 35.6 Å². The van der Waals surface area contributed by atoms with Crippen LogP contribution in [0.5, 0.6) is 0 Å². The smallest absolute Gasteiger partial charge is 0.348 e. The maximum absolute atomic E-state index is 15.5. The molecule has 3 aliphatic rings. The Balaban J connectivity index is 1.18. The van der Waals surface area contributed by atoms with Crippen LogP contribution >= 0.6 is 11.3 Å². The molecule has 2 aliphatic carbocycles. The number of para-hydroxylation sites is 1. The third-order valence-electron chi connectivity index (χ3n) is 11.8. The number of nitrogens with zero attached hydrogens (tertiary/aromatic N) is 8. The molecule has 9 rings (SSSR count). The molecule has 1 amide bonds. The number of thiazole rings is 1. The number of halogens is 7. The summed E-state index contributed by atoms with van der Waals surface area (Å²) in [7, 11) is 1.88. The summed E-state index contributed by atoms with van der Waals surface area (Å²) in [5.74, 6) is -8.87. The zero-order valence-electron chi connectivity index (χ0n) is 33.6. The second-order valence-corrected chi connectivity index (χ2v) is 19.2. The number of sulfonamides is 1. The number of carbonyl (C=O) groups excluding carboxylic acids is 1. The van der Waals surface area contributed by atoms with E-state index in [4.69, 9.17) is 9.97 Å². The van der Waals surface area contributed by atoms with Gasteiger partial charge in [-0.2, -0.15) is 37.1 Å². The molecule has 6 aromatic rings. The monoisotopic (exact) mass is 904 g/mol. The van der Waals surface area contributed by atoms with Crippen molar-refractivity contribution in [1.82, 2.24) is 39.7 Å². The lowest BCUT2D eigenvalue weighted by Gasteiger charge is -2.34. The van der Waals surface area contributed by atoms with E-state index in [1.54, 1.807) is 31.3 Å². The number of aryl methyl sites for hydroxylation is 1. The molecule has 328 valence electrons. The fourth-order valence-corrected chi connectivity index (χ4v) is 10.5. The summed E-state index contributed by atoms with van der Waals surface area (Å²) in [4.78, 5) is 28.3. The number of alkyl halides is 5. The quantitative estimate of drug-likeness (QED) is 0.132. The number of fused-ring (bicyclic) bond motifs is 5. The Morgan fingerprint density at radius 3 is 2.40 bits per heavy atom. The highest BCUT2D eigenvalue weighted by atomic mass is 32.2. The number of benzene rings is 2. The first-order valence-corrected chi connectivity index (χ1v) is 22.3. The van der Waals surface area contributed by atoms with Crippen LogP contribution in [-0.4, -0.2) is 88.2 Å². The van der Waals surface area contributed by atoms with E-state index in [2.05, 4.69) is 30.0 Å². The Morgan fingerprint density at radius 2 is 1.74 bits per heavy atom. The Labute approximate surface area is 354 Å². The Morgan fingerprint density at radius 1 is 1.03 bits per heavy atom. The van der Waals surface area contributed by atoms with E-state index >= 15 is 8.78 Å². The normalized spacial score (nSPS) is 19.3. The lowest BCUT2D eigenvalue weighted by atomic mass is 9.94. The standard InChI is InChI=1S/C40H39F7N10O3S2/c1-54(2)22-8-10-56(11-9-22)38-50-37-29(61-38)17-25(23-6-5-7-24-33(23)55(3)52-36(24)53-62(4,59)60)32(49-37)28(14-19-12-20(41)15-21(42)13-19)48-30(58)18-57-35-31(34(51-57)40(45,46)47)26-16-27(26)39(35,43)44/h5-7,12-13,15,17,22,26-28H,8-11,14,16,18H2,1-4H3,(H,48,58)(H,52,53)/t26-,27?,28-/m0/s1. The van der Waals surface area contributed by atoms with Gasteiger partial charge in [0.2, 0.25) is 15.9 Å². The number of hydrogen-bond donors (Lipinski definition) is 2. The molecule has 5 heterocycles. The van der Waals surface area contributed by atoms with Gasteiger partial charge in [0.1, 0.15) is 23.9 Å². The molecular weight excluding hydrogens is 866 g/mol. The molecule has 2 fully saturated rings. The van der Waals surface area contributed by atoms with Crippen LogP contribution in [0.4, 0.5) is 41.7 Å². The molecule has 0 radical (unpaired) electrons. The second-order valence-electron chi connectivity index (χ2n) is 16.4. The molecular formula is C40H39F7N10O3S2. The predicted octanol–water partition coefficient (Wildman–Crippen LogP) is 6.95. The number of aromatic nitrogens is 6. The summed E-state index contributed by atoms with van der Waals surface area (Å²) in [6.45, 7) is 0.384. The molecule has 1 saturated carbocycles. The van der Waals surface area contributed by atoms with Gasteiger partial charge in [0.05, 0.1) is 28.2 Å². The number of piperidine rings is 1. The second kappa shape index (κ2) is 14.9. The fraction of sp³-hybridized carbons (Fsp3) is 0.425. The lowest BCUT2D eigenvalue weighted by Crippen LogP contribution is -2.41. The highest BCUT2D eigenvalue weighted by Gasteiger charge is 2.68. The van der Waals surface area contributed by atoms with Gasteiger partial charge in [-0.25, -0.2) is 22.2 Å². The van der Waals surface area contributed by atoms with Crippen molar-refractivity contribution < 1.29 is 43.9 Å². The van der Waals surface area contributed by atoms with Crippen molar-refractivity contribution >= 4 is 59.5 Å². The minimum Gasteiger partial charge on any atom is -0.348 e. The molecule has 3 atom stereocenters. The molecule has 1 unspecified atom stereocenters. The van der Waals surface area contributed by atoms with Crippen molar-refractivity contribution in [3.05, 3.63) is 82.3 Å². The minimum absolute atomic E-state index is 0.0307. The van der Waals surface area contributed by atoms with Gasteiger partial charge in [-0.15, -0.1) is 0 Å². The van der Waals surface area contributed by atoms with Gasteiger partial charge in [-0.3, -0.25) is 18.9 Å². The van der Waals surface area contributed by atoms with E-state index in [0.717, 1.165) is 31.2 Å². The molecule has 0 bridgehead atoms. The molecule has 2 aromatic carbocycles. The SMILES string of the molecule is CN(C)C1CCN(c2nc3nc([C@H](Cc4cc(F)cc(F)c4)NC(=O)Cn4nc(C(F)(F)F)c5c4C(F)(F)C4C[C@H]54)c(-c4cccc5c(NS(C)(=O)=O)nn(C)c45)cc3s2)CC1. The molecule has 0 spiro atoms. The maximum Gasteiger partial charge on any atom is 0.435 e. The van der Waals surface area contributed by atoms with Crippen molar-refractivity contribution in [1.29, 1.82) is 0 Å². The Hall–Kier alpha value is -5.35. The van der Waals surface area contributed by atoms with E-state index in [9.17, 15) is 35.2 Å². The maximum atomic E-state index is 15.5. The number of nitrogens with one attached hydrogen (secondary N) is 2. The molecule has 2 N–H and O–H groups in total. The van der Waals surface area contributed by atoms with Gasteiger partial charge in [-0.1, -0.05) is 23.5 Å². The average Bonchev–Trinajstić information content (AvgIpc) is 3.44. The number of carbonyl (C=O) groups is 1. The Kier molecular flexibility index (Phi) is 10.1. The average molecular weight is 905 g/mol. The summed E-state index contributed by atoms with van der Waals surface area (Å²) in [5.41, 5.74) is -1.35. The predicted molar refractivity (Wildman–Crippen MR) is 217 cm³/mol. The van der Waals surface area contributed by atoms with E-state index in [0.29, 0.717) is 61.7 Å². The first kappa shape index (κ1) is 42.0. The van der Waals surface area contributed by atoms with Crippen LogP contribution in [0.1, 0.15) is 59.4 Å². The number of rotatable bonds is 11. The van der Waals surface area contributed by atoms with Gasteiger partial charge >= 0.3 is 6.18 Å². The van der Waals surface area contributed by atoms with Gasteiger partial charge < -0.3 is 15.1 Å². The van der Waals surface area contributed by atoms with Crippen molar-refractivity contribution in [3.8, 4) is 11.1 Å². The van der Waals surface area contributed by atoms with E-state index < -0.39 is 81.0 Å². The molecule has 62 heavy (non-hydrogen) atoms.